The number of likely N-dealkylation sites (tertiary alicyclic amines) is 1. The van der Waals surface area contributed by atoms with Gasteiger partial charge in [-0.2, -0.15) is 13.2 Å². The van der Waals surface area contributed by atoms with E-state index in [1.54, 1.807) is 7.05 Å². The van der Waals surface area contributed by atoms with Crippen LogP contribution in [-0.4, -0.2) is 56.8 Å². The van der Waals surface area contributed by atoms with E-state index < -0.39 is 12.7 Å². The molecule has 0 aromatic rings. The van der Waals surface area contributed by atoms with E-state index in [4.69, 9.17) is 0 Å². The molecule has 0 spiro atoms. The number of rotatable bonds is 5. The molecule has 0 aromatic heterocycles. The normalized spacial score (nSPS) is 21.6. The maximum atomic E-state index is 12.3. The lowest BCUT2D eigenvalue weighted by Crippen LogP contribution is -2.41. The molecular weight excluding hydrogens is 269 g/mol. The molecule has 7 heteroatoms. The smallest absolute Gasteiger partial charge is 0.356 e. The van der Waals surface area contributed by atoms with Gasteiger partial charge in [0.1, 0.15) is 0 Å². The maximum Gasteiger partial charge on any atom is 0.401 e. The van der Waals surface area contributed by atoms with Crippen LogP contribution in [-0.2, 0) is 0 Å². The molecule has 0 aromatic carbocycles. The van der Waals surface area contributed by atoms with Gasteiger partial charge in [0.2, 0.25) is 0 Å². The van der Waals surface area contributed by atoms with Gasteiger partial charge >= 0.3 is 6.18 Å². The van der Waals surface area contributed by atoms with E-state index in [1.807, 2.05) is 0 Å². The van der Waals surface area contributed by atoms with Crippen molar-refractivity contribution >= 4 is 5.96 Å². The standard InChI is InChI=1S/C13H25F3N4/c1-10(2)6-18-12(17-3)19-7-11-4-5-20(8-11)9-13(14,15)16/h10-11H,4-9H2,1-3H3,(H2,17,18,19). The highest BCUT2D eigenvalue weighted by molar-refractivity contribution is 5.79. The van der Waals surface area contributed by atoms with Crippen LogP contribution in [0.15, 0.2) is 4.99 Å². The summed E-state index contributed by atoms with van der Waals surface area (Å²) in [5.74, 6) is 1.48. The Morgan fingerprint density at radius 1 is 1.35 bits per heavy atom. The van der Waals surface area contributed by atoms with Crippen LogP contribution in [0, 0.1) is 11.8 Å². The second kappa shape index (κ2) is 7.71. The van der Waals surface area contributed by atoms with E-state index in [0.29, 0.717) is 31.5 Å². The summed E-state index contributed by atoms with van der Waals surface area (Å²) in [5.41, 5.74) is 0. The van der Waals surface area contributed by atoms with Gasteiger partial charge in [0, 0.05) is 26.7 Å². The molecule has 1 aliphatic heterocycles. The van der Waals surface area contributed by atoms with Crippen LogP contribution in [0.4, 0.5) is 13.2 Å². The highest BCUT2D eigenvalue weighted by Gasteiger charge is 2.34. The molecule has 0 amide bonds. The summed E-state index contributed by atoms with van der Waals surface area (Å²) >= 11 is 0. The van der Waals surface area contributed by atoms with Crippen LogP contribution < -0.4 is 10.6 Å². The van der Waals surface area contributed by atoms with E-state index in [-0.39, 0.29) is 5.92 Å². The van der Waals surface area contributed by atoms with Crippen molar-refractivity contribution in [1.82, 2.24) is 15.5 Å². The van der Waals surface area contributed by atoms with E-state index in [2.05, 4.69) is 29.5 Å². The van der Waals surface area contributed by atoms with Gasteiger partial charge in [-0.1, -0.05) is 13.8 Å². The molecular formula is C13H25F3N4. The molecule has 1 heterocycles. The van der Waals surface area contributed by atoms with Gasteiger partial charge in [-0.05, 0) is 24.8 Å². The maximum absolute atomic E-state index is 12.3. The number of nitrogens with one attached hydrogen (secondary N) is 2. The van der Waals surface area contributed by atoms with Gasteiger partial charge in [0.05, 0.1) is 6.54 Å². The number of aliphatic imine (C=N–C) groups is 1. The zero-order valence-electron chi connectivity index (χ0n) is 12.4. The van der Waals surface area contributed by atoms with Crippen molar-refractivity contribution in [2.75, 3.05) is 39.8 Å². The average molecular weight is 294 g/mol. The summed E-state index contributed by atoms with van der Waals surface area (Å²) in [7, 11) is 1.69. The molecule has 118 valence electrons. The molecule has 0 aliphatic carbocycles. The van der Waals surface area contributed by atoms with Gasteiger partial charge < -0.3 is 10.6 Å². The number of alkyl halides is 3. The summed E-state index contributed by atoms with van der Waals surface area (Å²) in [4.78, 5) is 5.57. The Balaban J connectivity index is 2.26. The van der Waals surface area contributed by atoms with Gasteiger partial charge in [0.25, 0.3) is 0 Å². The Bertz CT molecular complexity index is 315. The van der Waals surface area contributed by atoms with Crippen molar-refractivity contribution in [3.8, 4) is 0 Å². The third-order valence-electron chi connectivity index (χ3n) is 3.23. The lowest BCUT2D eigenvalue weighted by Gasteiger charge is -2.19. The SMILES string of the molecule is CN=C(NCC(C)C)NCC1CCN(CC(F)(F)F)C1. The van der Waals surface area contributed by atoms with E-state index >= 15 is 0 Å². The van der Waals surface area contributed by atoms with Gasteiger partial charge in [-0.15, -0.1) is 0 Å². The predicted octanol–water partition coefficient (Wildman–Crippen LogP) is 1.69. The molecule has 1 fully saturated rings. The zero-order chi connectivity index (χ0) is 15.2. The molecule has 0 bridgehead atoms. The first-order chi connectivity index (χ1) is 9.30. The lowest BCUT2D eigenvalue weighted by atomic mass is 10.1. The summed E-state index contributed by atoms with van der Waals surface area (Å²) in [5, 5.41) is 6.37. The monoisotopic (exact) mass is 294 g/mol. The molecule has 0 saturated carbocycles. The number of guanidine groups is 1. The molecule has 0 radical (unpaired) electrons. The van der Waals surface area contributed by atoms with Crippen molar-refractivity contribution in [3.05, 3.63) is 0 Å². The molecule has 2 N–H and O–H groups in total. The Morgan fingerprint density at radius 2 is 2.05 bits per heavy atom. The first-order valence-electron chi connectivity index (χ1n) is 7.03. The van der Waals surface area contributed by atoms with Crippen molar-refractivity contribution in [2.24, 2.45) is 16.8 Å². The van der Waals surface area contributed by atoms with Crippen molar-refractivity contribution < 1.29 is 13.2 Å². The Hall–Kier alpha value is -0.980. The molecule has 20 heavy (non-hydrogen) atoms. The van der Waals surface area contributed by atoms with Crippen LogP contribution in [0.25, 0.3) is 0 Å². The third kappa shape index (κ3) is 6.98. The molecule has 1 aliphatic rings. The van der Waals surface area contributed by atoms with Crippen molar-refractivity contribution in [2.45, 2.75) is 26.4 Å². The summed E-state index contributed by atoms with van der Waals surface area (Å²) in [6.07, 6.45) is -3.30. The van der Waals surface area contributed by atoms with Crippen LogP contribution in [0.1, 0.15) is 20.3 Å². The Labute approximate surface area is 118 Å². The molecule has 1 atom stereocenters. The molecule has 1 rings (SSSR count). The highest BCUT2D eigenvalue weighted by atomic mass is 19.4. The Morgan fingerprint density at radius 3 is 2.60 bits per heavy atom. The molecule has 4 nitrogen and oxygen atoms in total. The van der Waals surface area contributed by atoms with Gasteiger partial charge in [-0.25, -0.2) is 0 Å². The number of nitrogens with zero attached hydrogens (tertiary/aromatic N) is 2. The minimum atomic E-state index is -4.10. The number of hydrogen-bond acceptors (Lipinski definition) is 2. The topological polar surface area (TPSA) is 39.7 Å². The van der Waals surface area contributed by atoms with Crippen LogP contribution >= 0.6 is 0 Å². The van der Waals surface area contributed by atoms with Crippen LogP contribution in [0.3, 0.4) is 0 Å². The fraction of sp³-hybridized carbons (Fsp3) is 0.923. The summed E-state index contributed by atoms with van der Waals surface area (Å²) in [6, 6.07) is 0. The number of halogens is 3. The summed E-state index contributed by atoms with van der Waals surface area (Å²) < 4.78 is 36.9. The first-order valence-corrected chi connectivity index (χ1v) is 7.03. The first kappa shape index (κ1) is 17.1. The minimum Gasteiger partial charge on any atom is -0.356 e. The zero-order valence-corrected chi connectivity index (χ0v) is 12.4. The minimum absolute atomic E-state index is 0.245. The fourth-order valence-electron chi connectivity index (χ4n) is 2.24. The van der Waals surface area contributed by atoms with E-state index in [0.717, 1.165) is 13.0 Å². The Kier molecular flexibility index (Phi) is 6.58. The number of hydrogen-bond donors (Lipinski definition) is 2. The molecule has 1 unspecified atom stereocenters. The second-order valence-corrected chi connectivity index (χ2v) is 5.73. The van der Waals surface area contributed by atoms with Crippen molar-refractivity contribution in [1.29, 1.82) is 0 Å². The highest BCUT2D eigenvalue weighted by Crippen LogP contribution is 2.22. The van der Waals surface area contributed by atoms with Gasteiger partial charge in [0.15, 0.2) is 5.96 Å². The average Bonchev–Trinajstić information content (AvgIpc) is 2.74. The lowest BCUT2D eigenvalue weighted by molar-refractivity contribution is -0.143. The van der Waals surface area contributed by atoms with Crippen LogP contribution in [0.2, 0.25) is 0 Å². The summed E-state index contributed by atoms with van der Waals surface area (Å²) in [6.45, 7) is 5.90. The largest absolute Gasteiger partial charge is 0.401 e. The van der Waals surface area contributed by atoms with Crippen molar-refractivity contribution in [3.63, 3.8) is 0 Å². The quantitative estimate of drug-likeness (QED) is 0.599. The van der Waals surface area contributed by atoms with Gasteiger partial charge in [-0.3, -0.25) is 9.89 Å². The van der Waals surface area contributed by atoms with E-state index in [9.17, 15) is 13.2 Å². The fourth-order valence-corrected chi connectivity index (χ4v) is 2.24. The second-order valence-electron chi connectivity index (χ2n) is 5.73. The molecule has 1 saturated heterocycles. The third-order valence-corrected chi connectivity index (χ3v) is 3.23. The predicted molar refractivity (Wildman–Crippen MR) is 74.8 cm³/mol. The van der Waals surface area contributed by atoms with Crippen LogP contribution in [0.5, 0.6) is 0 Å². The van der Waals surface area contributed by atoms with E-state index in [1.165, 1.54) is 4.90 Å².